The molecule has 0 spiro atoms. The van der Waals surface area contributed by atoms with E-state index in [1.165, 1.54) is 0 Å². The number of aliphatic hydroxyl groups is 1. The number of hydrogen-bond acceptors (Lipinski definition) is 4. The summed E-state index contributed by atoms with van der Waals surface area (Å²) in [5.41, 5.74) is 3.22. The van der Waals surface area contributed by atoms with Crippen molar-refractivity contribution in [3.63, 3.8) is 0 Å². The summed E-state index contributed by atoms with van der Waals surface area (Å²) < 4.78 is 0. The van der Waals surface area contributed by atoms with Crippen molar-refractivity contribution in [2.75, 3.05) is 6.61 Å². The summed E-state index contributed by atoms with van der Waals surface area (Å²) in [4.78, 5) is 8.56. The molecule has 102 valence electrons. The van der Waals surface area contributed by atoms with Gasteiger partial charge in [-0.05, 0) is 24.1 Å². The molecule has 0 fully saturated rings. The third-order valence-electron chi connectivity index (χ3n) is 2.59. The molecule has 0 aliphatic rings. The number of aliphatic hydroxyl groups excluding tert-OH is 1. The first kappa shape index (κ1) is 14.6. The Kier molecular flexibility index (Phi) is 5.60. The lowest BCUT2D eigenvalue weighted by atomic mass is 10.1. The Hall–Kier alpha value is -1.83. The van der Waals surface area contributed by atoms with Crippen molar-refractivity contribution in [3.8, 4) is 11.8 Å². The molecule has 0 radical (unpaired) electrons. The second-order valence-corrected chi connectivity index (χ2v) is 5.21. The van der Waals surface area contributed by atoms with Crippen LogP contribution < -0.4 is 0 Å². The molecule has 2 rings (SSSR count). The SMILES string of the molecule is Cc1cnc(SCc2ccccc2C#CCCO)nc1. The first-order valence-corrected chi connectivity index (χ1v) is 7.37. The van der Waals surface area contributed by atoms with Gasteiger partial charge in [0.25, 0.3) is 0 Å². The molecule has 0 amide bonds. The summed E-state index contributed by atoms with van der Waals surface area (Å²) in [5.74, 6) is 6.84. The third kappa shape index (κ3) is 4.37. The number of aryl methyl sites for hydroxylation is 1. The third-order valence-corrected chi connectivity index (χ3v) is 3.52. The molecule has 1 aromatic carbocycles. The van der Waals surface area contributed by atoms with Gasteiger partial charge in [0.15, 0.2) is 5.16 Å². The molecule has 20 heavy (non-hydrogen) atoms. The molecule has 1 heterocycles. The van der Waals surface area contributed by atoms with Crippen LogP contribution in [-0.2, 0) is 5.75 Å². The summed E-state index contributed by atoms with van der Waals surface area (Å²) in [5, 5.41) is 9.54. The van der Waals surface area contributed by atoms with Crippen molar-refractivity contribution in [2.45, 2.75) is 24.3 Å². The second kappa shape index (κ2) is 7.68. The van der Waals surface area contributed by atoms with Gasteiger partial charge in [0, 0.05) is 30.1 Å². The zero-order valence-corrected chi connectivity index (χ0v) is 12.2. The Bertz CT molecular complexity index is 614. The number of rotatable bonds is 4. The van der Waals surface area contributed by atoms with E-state index >= 15 is 0 Å². The molecule has 0 unspecified atom stereocenters. The van der Waals surface area contributed by atoms with E-state index in [2.05, 4.69) is 27.9 Å². The summed E-state index contributed by atoms with van der Waals surface area (Å²) in [7, 11) is 0. The first-order valence-electron chi connectivity index (χ1n) is 6.38. The lowest BCUT2D eigenvalue weighted by Gasteiger charge is -2.03. The van der Waals surface area contributed by atoms with Gasteiger partial charge >= 0.3 is 0 Å². The molecule has 0 saturated carbocycles. The van der Waals surface area contributed by atoms with Crippen LogP contribution in [0.2, 0.25) is 0 Å². The van der Waals surface area contributed by atoms with Crippen LogP contribution >= 0.6 is 11.8 Å². The van der Waals surface area contributed by atoms with Crippen molar-refractivity contribution in [1.29, 1.82) is 0 Å². The molecule has 0 atom stereocenters. The molecule has 0 aliphatic heterocycles. The van der Waals surface area contributed by atoms with Crippen LogP contribution in [0.15, 0.2) is 41.8 Å². The summed E-state index contributed by atoms with van der Waals surface area (Å²) >= 11 is 1.60. The normalized spacial score (nSPS) is 9.90. The van der Waals surface area contributed by atoms with Gasteiger partial charge in [-0.2, -0.15) is 0 Å². The predicted octanol–water partition coefficient (Wildman–Crippen LogP) is 2.81. The lowest BCUT2D eigenvalue weighted by molar-refractivity contribution is 0.305. The summed E-state index contributed by atoms with van der Waals surface area (Å²) in [6.45, 7) is 2.07. The number of nitrogens with zero attached hydrogens (tertiary/aromatic N) is 2. The molecule has 2 aromatic rings. The topological polar surface area (TPSA) is 46.0 Å². The fourth-order valence-electron chi connectivity index (χ4n) is 1.58. The van der Waals surface area contributed by atoms with E-state index in [0.717, 1.165) is 27.6 Å². The minimum absolute atomic E-state index is 0.0983. The Balaban J connectivity index is 2.06. The van der Waals surface area contributed by atoms with E-state index in [1.807, 2.05) is 37.5 Å². The Morgan fingerprint density at radius 2 is 1.95 bits per heavy atom. The van der Waals surface area contributed by atoms with Crippen LogP contribution in [-0.4, -0.2) is 21.7 Å². The van der Waals surface area contributed by atoms with Crippen LogP contribution in [0.3, 0.4) is 0 Å². The highest BCUT2D eigenvalue weighted by Gasteiger charge is 2.02. The van der Waals surface area contributed by atoms with Gasteiger partial charge in [0.05, 0.1) is 6.61 Å². The highest BCUT2D eigenvalue weighted by atomic mass is 32.2. The predicted molar refractivity (Wildman–Crippen MR) is 81.4 cm³/mol. The molecule has 1 aromatic heterocycles. The standard InChI is InChI=1S/C16H16N2OS/c1-13-10-17-16(18-11-13)20-12-15-8-3-2-6-14(15)7-4-5-9-19/h2-3,6,8,10-11,19H,5,9,12H2,1H3. The monoisotopic (exact) mass is 284 g/mol. The lowest BCUT2D eigenvalue weighted by Crippen LogP contribution is -1.90. The van der Waals surface area contributed by atoms with E-state index in [-0.39, 0.29) is 6.61 Å². The number of hydrogen-bond donors (Lipinski definition) is 1. The van der Waals surface area contributed by atoms with Gasteiger partial charge in [-0.15, -0.1) is 0 Å². The van der Waals surface area contributed by atoms with E-state index in [9.17, 15) is 0 Å². The summed E-state index contributed by atoms with van der Waals surface area (Å²) in [6.07, 6.45) is 4.15. The van der Waals surface area contributed by atoms with Crippen LogP contribution in [0, 0.1) is 18.8 Å². The zero-order chi connectivity index (χ0) is 14.2. The zero-order valence-electron chi connectivity index (χ0n) is 11.3. The largest absolute Gasteiger partial charge is 0.395 e. The molecular formula is C16H16N2OS. The van der Waals surface area contributed by atoms with Crippen LogP contribution in [0.1, 0.15) is 23.1 Å². The van der Waals surface area contributed by atoms with Gasteiger partial charge in [0.2, 0.25) is 0 Å². The smallest absolute Gasteiger partial charge is 0.187 e. The van der Waals surface area contributed by atoms with Crippen molar-refractivity contribution in [1.82, 2.24) is 9.97 Å². The van der Waals surface area contributed by atoms with Crippen LogP contribution in [0.4, 0.5) is 0 Å². The minimum Gasteiger partial charge on any atom is -0.395 e. The average Bonchev–Trinajstić information content (AvgIpc) is 2.48. The van der Waals surface area contributed by atoms with E-state index in [1.54, 1.807) is 11.8 Å². The average molecular weight is 284 g/mol. The van der Waals surface area contributed by atoms with Gasteiger partial charge in [-0.1, -0.05) is 41.8 Å². The van der Waals surface area contributed by atoms with E-state index in [0.29, 0.717) is 6.42 Å². The molecule has 4 heteroatoms. The molecule has 1 N–H and O–H groups in total. The van der Waals surface area contributed by atoms with E-state index < -0.39 is 0 Å². The molecule has 0 bridgehead atoms. The quantitative estimate of drug-likeness (QED) is 0.533. The van der Waals surface area contributed by atoms with Crippen molar-refractivity contribution < 1.29 is 5.11 Å². The Morgan fingerprint density at radius 1 is 1.20 bits per heavy atom. The second-order valence-electron chi connectivity index (χ2n) is 4.26. The van der Waals surface area contributed by atoms with Gasteiger partial charge in [0.1, 0.15) is 0 Å². The molecule has 0 aliphatic carbocycles. The van der Waals surface area contributed by atoms with Crippen molar-refractivity contribution in [2.24, 2.45) is 0 Å². The maximum Gasteiger partial charge on any atom is 0.187 e. The Labute approximate surface area is 123 Å². The maximum atomic E-state index is 8.76. The fourth-order valence-corrected chi connectivity index (χ4v) is 2.37. The highest BCUT2D eigenvalue weighted by molar-refractivity contribution is 7.98. The fraction of sp³-hybridized carbons (Fsp3) is 0.250. The highest BCUT2D eigenvalue weighted by Crippen LogP contribution is 2.20. The van der Waals surface area contributed by atoms with Gasteiger partial charge in [-0.3, -0.25) is 0 Å². The maximum absolute atomic E-state index is 8.76. The number of benzene rings is 1. The van der Waals surface area contributed by atoms with Gasteiger partial charge < -0.3 is 5.11 Å². The minimum atomic E-state index is 0.0983. The Morgan fingerprint density at radius 3 is 2.70 bits per heavy atom. The van der Waals surface area contributed by atoms with Gasteiger partial charge in [-0.25, -0.2) is 9.97 Å². The molecule has 3 nitrogen and oxygen atoms in total. The number of thioether (sulfide) groups is 1. The van der Waals surface area contributed by atoms with Crippen LogP contribution in [0.5, 0.6) is 0 Å². The number of aromatic nitrogens is 2. The van der Waals surface area contributed by atoms with E-state index in [4.69, 9.17) is 5.11 Å². The molecule has 0 saturated heterocycles. The van der Waals surface area contributed by atoms with Crippen molar-refractivity contribution in [3.05, 3.63) is 53.3 Å². The first-order chi connectivity index (χ1) is 9.79. The molecular weight excluding hydrogens is 268 g/mol. The van der Waals surface area contributed by atoms with Crippen molar-refractivity contribution >= 4 is 11.8 Å². The summed E-state index contributed by atoms with van der Waals surface area (Å²) in [6, 6.07) is 8.03. The van der Waals surface area contributed by atoms with Crippen LogP contribution in [0.25, 0.3) is 0 Å².